The fraction of sp³-hybridized carbons (Fsp3) is 0.133. The molecule has 2 aromatic rings. The quantitative estimate of drug-likeness (QED) is 0.879. The van der Waals surface area contributed by atoms with Crippen molar-refractivity contribution in [3.8, 4) is 11.1 Å². The zero-order valence-corrected chi connectivity index (χ0v) is 11.7. The third-order valence-electron chi connectivity index (χ3n) is 2.97. The third-order valence-corrected chi connectivity index (χ3v) is 3.44. The van der Waals surface area contributed by atoms with E-state index >= 15 is 0 Å². The van der Waals surface area contributed by atoms with Gasteiger partial charge in [0.05, 0.1) is 5.92 Å². The summed E-state index contributed by atoms with van der Waals surface area (Å²) in [6.07, 6.45) is 0. The van der Waals surface area contributed by atoms with Crippen LogP contribution in [0.1, 0.15) is 18.4 Å². The molecule has 19 heavy (non-hydrogen) atoms. The van der Waals surface area contributed by atoms with E-state index < -0.39 is 11.9 Å². The zero-order valence-electron chi connectivity index (χ0n) is 10.2. The molecular formula is C15H12Cl2O2. The average Bonchev–Trinajstić information content (AvgIpc) is 2.37. The standard InChI is InChI=1S/C15H12Cl2O2/c1-9(15(18)19)11-6-12(8-14(17)7-11)10-2-4-13(16)5-3-10/h2-9H,1H3,(H,18,19)/t9-/m1/s1. The monoisotopic (exact) mass is 294 g/mol. The lowest BCUT2D eigenvalue weighted by molar-refractivity contribution is -0.138. The Hall–Kier alpha value is -1.51. The van der Waals surface area contributed by atoms with E-state index in [1.165, 1.54) is 0 Å². The summed E-state index contributed by atoms with van der Waals surface area (Å²) < 4.78 is 0. The Labute approximate surface area is 121 Å². The molecule has 4 heteroatoms. The second-order valence-corrected chi connectivity index (χ2v) is 5.21. The first-order valence-electron chi connectivity index (χ1n) is 5.76. The van der Waals surface area contributed by atoms with Gasteiger partial charge in [-0.25, -0.2) is 0 Å². The summed E-state index contributed by atoms with van der Waals surface area (Å²) in [6, 6.07) is 12.7. The summed E-state index contributed by atoms with van der Waals surface area (Å²) in [5.41, 5.74) is 2.52. The Morgan fingerprint density at radius 1 is 1.00 bits per heavy atom. The van der Waals surface area contributed by atoms with Crippen molar-refractivity contribution in [2.24, 2.45) is 0 Å². The summed E-state index contributed by atoms with van der Waals surface area (Å²) in [5, 5.41) is 10.2. The highest BCUT2D eigenvalue weighted by Crippen LogP contribution is 2.29. The van der Waals surface area contributed by atoms with Crippen molar-refractivity contribution in [3.63, 3.8) is 0 Å². The highest BCUT2D eigenvalue weighted by atomic mass is 35.5. The van der Waals surface area contributed by atoms with E-state index in [1.54, 1.807) is 25.1 Å². The van der Waals surface area contributed by atoms with Gasteiger partial charge < -0.3 is 5.11 Å². The summed E-state index contributed by atoms with van der Waals surface area (Å²) >= 11 is 11.9. The fourth-order valence-corrected chi connectivity index (χ4v) is 2.18. The minimum Gasteiger partial charge on any atom is -0.481 e. The van der Waals surface area contributed by atoms with Gasteiger partial charge in [-0.05, 0) is 47.9 Å². The van der Waals surface area contributed by atoms with Crippen LogP contribution in [-0.4, -0.2) is 11.1 Å². The number of aliphatic carboxylic acids is 1. The molecule has 0 fully saturated rings. The highest BCUT2D eigenvalue weighted by Gasteiger charge is 2.15. The number of carboxylic acids is 1. The van der Waals surface area contributed by atoms with E-state index in [-0.39, 0.29) is 0 Å². The van der Waals surface area contributed by atoms with E-state index in [4.69, 9.17) is 28.3 Å². The molecule has 0 saturated carbocycles. The van der Waals surface area contributed by atoms with Crippen LogP contribution >= 0.6 is 23.2 Å². The molecule has 0 unspecified atom stereocenters. The van der Waals surface area contributed by atoms with Crippen molar-refractivity contribution in [1.29, 1.82) is 0 Å². The second kappa shape index (κ2) is 5.64. The van der Waals surface area contributed by atoms with E-state index in [0.717, 1.165) is 11.1 Å². The Bertz CT molecular complexity index is 606. The topological polar surface area (TPSA) is 37.3 Å². The molecule has 1 atom stereocenters. The fourth-order valence-electron chi connectivity index (χ4n) is 1.81. The third kappa shape index (κ3) is 3.28. The van der Waals surface area contributed by atoms with E-state index in [0.29, 0.717) is 15.6 Å². The summed E-state index contributed by atoms with van der Waals surface area (Å²) in [6.45, 7) is 1.64. The minimum atomic E-state index is -0.871. The number of carboxylic acid groups (broad SMARTS) is 1. The molecule has 0 radical (unpaired) electrons. The molecule has 0 spiro atoms. The van der Waals surface area contributed by atoms with Crippen molar-refractivity contribution >= 4 is 29.2 Å². The number of rotatable bonds is 3. The lowest BCUT2D eigenvalue weighted by Crippen LogP contribution is -2.07. The van der Waals surface area contributed by atoms with Gasteiger partial charge in [0, 0.05) is 10.0 Å². The summed E-state index contributed by atoms with van der Waals surface area (Å²) in [5.74, 6) is -1.46. The van der Waals surface area contributed by atoms with Crippen LogP contribution in [0.4, 0.5) is 0 Å². The van der Waals surface area contributed by atoms with E-state index in [9.17, 15) is 4.79 Å². The largest absolute Gasteiger partial charge is 0.481 e. The average molecular weight is 295 g/mol. The van der Waals surface area contributed by atoms with Crippen molar-refractivity contribution in [2.45, 2.75) is 12.8 Å². The summed E-state index contributed by atoms with van der Waals surface area (Å²) in [4.78, 5) is 11.0. The van der Waals surface area contributed by atoms with Crippen molar-refractivity contribution in [2.75, 3.05) is 0 Å². The summed E-state index contributed by atoms with van der Waals surface area (Å²) in [7, 11) is 0. The van der Waals surface area contributed by atoms with Gasteiger partial charge in [0.2, 0.25) is 0 Å². The Balaban J connectivity index is 2.47. The van der Waals surface area contributed by atoms with Crippen molar-refractivity contribution < 1.29 is 9.90 Å². The normalized spacial score (nSPS) is 12.2. The predicted molar refractivity (Wildman–Crippen MR) is 77.9 cm³/mol. The molecule has 0 aromatic heterocycles. The first kappa shape index (κ1) is 13.9. The Kier molecular flexibility index (Phi) is 4.13. The minimum absolute atomic E-state index is 0.524. The van der Waals surface area contributed by atoms with Crippen molar-refractivity contribution in [3.05, 3.63) is 58.1 Å². The van der Waals surface area contributed by atoms with Gasteiger partial charge in [-0.15, -0.1) is 0 Å². The number of hydrogen-bond acceptors (Lipinski definition) is 1. The predicted octanol–water partition coefficient (Wildman–Crippen LogP) is 4.85. The smallest absolute Gasteiger partial charge is 0.310 e. The van der Waals surface area contributed by atoms with Crippen LogP contribution in [0.25, 0.3) is 11.1 Å². The van der Waals surface area contributed by atoms with E-state index in [1.807, 2.05) is 24.3 Å². The van der Waals surface area contributed by atoms with Crippen LogP contribution in [0.15, 0.2) is 42.5 Å². The maximum Gasteiger partial charge on any atom is 0.310 e. The SMILES string of the molecule is C[C@@H](C(=O)O)c1cc(Cl)cc(-c2ccc(Cl)cc2)c1. The molecule has 0 amide bonds. The van der Waals surface area contributed by atoms with Gasteiger partial charge in [0.15, 0.2) is 0 Å². The van der Waals surface area contributed by atoms with Crippen LogP contribution in [0.3, 0.4) is 0 Å². The Morgan fingerprint density at radius 2 is 1.63 bits per heavy atom. The molecule has 0 aliphatic carbocycles. The van der Waals surface area contributed by atoms with E-state index in [2.05, 4.69) is 0 Å². The van der Waals surface area contributed by atoms with Gasteiger partial charge >= 0.3 is 5.97 Å². The number of hydrogen-bond donors (Lipinski definition) is 1. The molecule has 0 bridgehead atoms. The molecule has 98 valence electrons. The molecule has 2 rings (SSSR count). The molecule has 0 aliphatic heterocycles. The molecule has 2 nitrogen and oxygen atoms in total. The molecular weight excluding hydrogens is 283 g/mol. The van der Waals surface area contributed by atoms with Gasteiger partial charge in [0.1, 0.15) is 0 Å². The van der Waals surface area contributed by atoms with Gasteiger partial charge in [0.25, 0.3) is 0 Å². The lowest BCUT2D eigenvalue weighted by Gasteiger charge is -2.10. The van der Waals surface area contributed by atoms with Crippen LogP contribution in [0, 0.1) is 0 Å². The maximum atomic E-state index is 11.0. The first-order chi connectivity index (χ1) is 8.97. The van der Waals surface area contributed by atoms with Crippen LogP contribution in [-0.2, 0) is 4.79 Å². The number of benzene rings is 2. The highest BCUT2D eigenvalue weighted by molar-refractivity contribution is 6.31. The van der Waals surface area contributed by atoms with Crippen LogP contribution in [0.5, 0.6) is 0 Å². The zero-order chi connectivity index (χ0) is 14.0. The van der Waals surface area contributed by atoms with Crippen LogP contribution < -0.4 is 0 Å². The molecule has 0 aliphatic rings. The molecule has 1 N–H and O–H groups in total. The number of halogens is 2. The first-order valence-corrected chi connectivity index (χ1v) is 6.52. The molecule has 0 saturated heterocycles. The van der Waals surface area contributed by atoms with Gasteiger partial charge in [-0.1, -0.05) is 41.4 Å². The molecule has 2 aromatic carbocycles. The van der Waals surface area contributed by atoms with Gasteiger partial charge in [-0.2, -0.15) is 0 Å². The van der Waals surface area contributed by atoms with Crippen molar-refractivity contribution in [1.82, 2.24) is 0 Å². The second-order valence-electron chi connectivity index (χ2n) is 4.34. The van der Waals surface area contributed by atoms with Gasteiger partial charge in [-0.3, -0.25) is 4.79 Å². The lowest BCUT2D eigenvalue weighted by atomic mass is 9.96. The maximum absolute atomic E-state index is 11.0. The van der Waals surface area contributed by atoms with Crippen LogP contribution in [0.2, 0.25) is 10.0 Å². The molecule has 0 heterocycles. The Morgan fingerprint density at radius 3 is 2.21 bits per heavy atom. The number of carbonyl (C=O) groups is 1.